The summed E-state index contributed by atoms with van der Waals surface area (Å²) in [5, 5.41) is 14.2. The predicted octanol–water partition coefficient (Wildman–Crippen LogP) is -0.282. The van der Waals surface area contributed by atoms with Crippen LogP contribution in [0.5, 0.6) is 0 Å². The molecule has 1 heterocycles. The zero-order valence-electron chi connectivity index (χ0n) is 8.25. The molecule has 0 radical (unpaired) electrons. The molecule has 0 aromatic heterocycles. The first-order valence-electron chi connectivity index (χ1n) is 4.85. The number of carboxylic acids is 1. The third kappa shape index (κ3) is 3.33. The molecule has 5 heteroatoms. The van der Waals surface area contributed by atoms with Gasteiger partial charge in [0.2, 0.25) is 5.91 Å². The minimum absolute atomic E-state index is 0.195. The van der Waals surface area contributed by atoms with Gasteiger partial charge in [-0.1, -0.05) is 0 Å². The van der Waals surface area contributed by atoms with Gasteiger partial charge in [-0.25, -0.2) is 0 Å². The minimum Gasteiger partial charge on any atom is -0.480 e. The fourth-order valence-electron chi connectivity index (χ4n) is 1.52. The lowest BCUT2D eigenvalue weighted by Gasteiger charge is -2.12. The monoisotopic (exact) mass is 200 g/mol. The zero-order valence-corrected chi connectivity index (χ0v) is 8.25. The molecule has 1 fully saturated rings. The smallest absolute Gasteiger partial charge is 0.325 e. The lowest BCUT2D eigenvalue weighted by molar-refractivity contribution is -0.141. The average Bonchev–Trinajstić information content (AvgIpc) is 2.56. The predicted molar refractivity (Wildman–Crippen MR) is 50.9 cm³/mol. The number of hydrogen-bond donors (Lipinski definition) is 3. The first-order valence-corrected chi connectivity index (χ1v) is 4.85. The van der Waals surface area contributed by atoms with E-state index >= 15 is 0 Å². The molecule has 1 aliphatic heterocycles. The molecule has 0 saturated carbocycles. The maximum atomic E-state index is 11.3. The van der Waals surface area contributed by atoms with Gasteiger partial charge in [-0.2, -0.15) is 0 Å². The Balaban J connectivity index is 2.24. The fraction of sp³-hybridized carbons (Fsp3) is 0.778. The van der Waals surface area contributed by atoms with E-state index in [0.717, 1.165) is 19.4 Å². The average molecular weight is 200 g/mol. The molecule has 14 heavy (non-hydrogen) atoms. The van der Waals surface area contributed by atoms with Crippen molar-refractivity contribution in [3.63, 3.8) is 0 Å². The van der Waals surface area contributed by atoms with Crippen LogP contribution >= 0.6 is 0 Å². The quantitative estimate of drug-likeness (QED) is 0.583. The summed E-state index contributed by atoms with van der Waals surface area (Å²) in [6, 6.07) is -0.583. The summed E-state index contributed by atoms with van der Waals surface area (Å²) in [5.74, 6) is -1.20. The van der Waals surface area contributed by atoms with E-state index in [1.807, 2.05) is 0 Å². The van der Waals surface area contributed by atoms with Crippen LogP contribution in [0.15, 0.2) is 0 Å². The van der Waals surface area contributed by atoms with Crippen molar-refractivity contribution in [2.45, 2.75) is 38.3 Å². The highest BCUT2D eigenvalue weighted by molar-refractivity contribution is 5.83. The van der Waals surface area contributed by atoms with Crippen LogP contribution in [-0.2, 0) is 9.59 Å². The van der Waals surface area contributed by atoms with Crippen molar-refractivity contribution in [1.82, 2.24) is 10.6 Å². The highest BCUT2D eigenvalue weighted by Gasteiger charge is 2.20. The van der Waals surface area contributed by atoms with Crippen molar-refractivity contribution >= 4 is 11.9 Å². The van der Waals surface area contributed by atoms with Gasteiger partial charge < -0.3 is 15.7 Å². The van der Waals surface area contributed by atoms with Crippen LogP contribution < -0.4 is 10.6 Å². The summed E-state index contributed by atoms with van der Waals surface area (Å²) < 4.78 is 0. The van der Waals surface area contributed by atoms with Gasteiger partial charge in [0.05, 0.1) is 0 Å². The molecule has 1 rings (SSSR count). The molecule has 0 bridgehead atoms. The van der Waals surface area contributed by atoms with Crippen LogP contribution in [0.3, 0.4) is 0 Å². The number of carbonyl (C=O) groups is 2. The van der Waals surface area contributed by atoms with Crippen LogP contribution in [0.1, 0.15) is 26.2 Å². The molecule has 0 aliphatic carbocycles. The van der Waals surface area contributed by atoms with Gasteiger partial charge in [0, 0.05) is 12.5 Å². The van der Waals surface area contributed by atoms with Crippen LogP contribution in [0.2, 0.25) is 0 Å². The second-order valence-corrected chi connectivity index (χ2v) is 3.62. The van der Waals surface area contributed by atoms with Crippen LogP contribution in [0.25, 0.3) is 0 Å². The van der Waals surface area contributed by atoms with Gasteiger partial charge in [-0.05, 0) is 26.3 Å². The maximum absolute atomic E-state index is 11.3. The molecule has 3 N–H and O–H groups in total. The first kappa shape index (κ1) is 11.0. The van der Waals surface area contributed by atoms with E-state index in [1.165, 1.54) is 6.92 Å². The lowest BCUT2D eigenvalue weighted by atomic mass is 10.1. The second kappa shape index (κ2) is 4.95. The van der Waals surface area contributed by atoms with E-state index < -0.39 is 12.0 Å². The maximum Gasteiger partial charge on any atom is 0.325 e. The molecular weight excluding hydrogens is 184 g/mol. The van der Waals surface area contributed by atoms with Crippen LogP contribution in [0.4, 0.5) is 0 Å². The molecule has 1 aliphatic rings. The lowest BCUT2D eigenvalue weighted by Crippen LogP contribution is -2.40. The van der Waals surface area contributed by atoms with Crippen molar-refractivity contribution < 1.29 is 14.7 Å². The molecule has 0 spiro atoms. The molecule has 1 amide bonds. The van der Waals surface area contributed by atoms with Crippen molar-refractivity contribution in [1.29, 1.82) is 0 Å². The summed E-state index contributed by atoms with van der Waals surface area (Å²) >= 11 is 0. The van der Waals surface area contributed by atoms with Gasteiger partial charge in [-0.3, -0.25) is 9.59 Å². The SMILES string of the molecule is C[C@@H](NC(=O)CC1CCCN1)C(=O)O. The number of aliphatic carboxylic acids is 1. The summed E-state index contributed by atoms with van der Waals surface area (Å²) in [4.78, 5) is 21.7. The number of carbonyl (C=O) groups excluding carboxylic acids is 1. The Bertz CT molecular complexity index is 224. The Kier molecular flexibility index (Phi) is 3.88. The molecule has 5 nitrogen and oxygen atoms in total. The molecule has 2 atom stereocenters. The number of nitrogens with one attached hydrogen (secondary N) is 2. The molecular formula is C9H16N2O3. The van der Waals surface area contributed by atoms with Crippen molar-refractivity contribution in [2.24, 2.45) is 0 Å². The Morgan fingerprint density at radius 1 is 1.64 bits per heavy atom. The molecule has 0 aromatic rings. The highest BCUT2D eigenvalue weighted by Crippen LogP contribution is 2.08. The normalized spacial score (nSPS) is 23.1. The molecule has 1 saturated heterocycles. The Morgan fingerprint density at radius 2 is 2.36 bits per heavy atom. The van der Waals surface area contributed by atoms with E-state index in [2.05, 4.69) is 10.6 Å². The summed E-state index contributed by atoms with van der Waals surface area (Å²) in [7, 11) is 0. The van der Waals surface area contributed by atoms with E-state index in [0.29, 0.717) is 6.42 Å². The Labute approximate surface area is 82.9 Å². The molecule has 80 valence electrons. The number of amides is 1. The van der Waals surface area contributed by atoms with E-state index in [4.69, 9.17) is 5.11 Å². The van der Waals surface area contributed by atoms with Crippen molar-refractivity contribution in [3.05, 3.63) is 0 Å². The van der Waals surface area contributed by atoms with Crippen molar-refractivity contribution in [3.8, 4) is 0 Å². The first-order chi connectivity index (χ1) is 6.59. The topological polar surface area (TPSA) is 78.4 Å². The summed E-state index contributed by atoms with van der Waals surface area (Å²) in [6.07, 6.45) is 2.46. The summed E-state index contributed by atoms with van der Waals surface area (Å²) in [6.45, 7) is 2.41. The van der Waals surface area contributed by atoms with E-state index in [-0.39, 0.29) is 11.9 Å². The van der Waals surface area contributed by atoms with Gasteiger partial charge in [0.25, 0.3) is 0 Å². The number of hydrogen-bond acceptors (Lipinski definition) is 3. The van der Waals surface area contributed by atoms with Gasteiger partial charge in [0.15, 0.2) is 0 Å². The standard InChI is InChI=1S/C9H16N2O3/c1-6(9(13)14)11-8(12)5-7-3-2-4-10-7/h6-7,10H,2-5H2,1H3,(H,11,12)(H,13,14)/t6-,7?/m1/s1. The number of carboxylic acid groups (broad SMARTS) is 1. The van der Waals surface area contributed by atoms with Gasteiger partial charge in [-0.15, -0.1) is 0 Å². The van der Waals surface area contributed by atoms with Crippen LogP contribution in [0, 0.1) is 0 Å². The minimum atomic E-state index is -1.00. The largest absolute Gasteiger partial charge is 0.480 e. The van der Waals surface area contributed by atoms with Gasteiger partial charge >= 0.3 is 5.97 Å². The van der Waals surface area contributed by atoms with Crippen molar-refractivity contribution in [2.75, 3.05) is 6.54 Å². The number of rotatable bonds is 4. The third-order valence-electron chi connectivity index (χ3n) is 2.34. The molecule has 0 aromatic carbocycles. The van der Waals surface area contributed by atoms with E-state index in [9.17, 15) is 9.59 Å². The Hall–Kier alpha value is -1.10. The molecule has 1 unspecified atom stereocenters. The second-order valence-electron chi connectivity index (χ2n) is 3.62. The zero-order chi connectivity index (χ0) is 10.6. The van der Waals surface area contributed by atoms with Gasteiger partial charge in [0.1, 0.15) is 6.04 Å². The third-order valence-corrected chi connectivity index (χ3v) is 2.34. The fourth-order valence-corrected chi connectivity index (χ4v) is 1.52. The van der Waals surface area contributed by atoms with Crippen LogP contribution in [-0.4, -0.2) is 35.6 Å². The van der Waals surface area contributed by atoms with E-state index in [1.54, 1.807) is 0 Å². The Morgan fingerprint density at radius 3 is 2.86 bits per heavy atom. The highest BCUT2D eigenvalue weighted by atomic mass is 16.4. The summed E-state index contributed by atoms with van der Waals surface area (Å²) in [5.41, 5.74) is 0.